The van der Waals surface area contributed by atoms with Gasteiger partial charge >= 0.3 is 0 Å². The zero-order valence-corrected chi connectivity index (χ0v) is 11.8. The Hall–Kier alpha value is -2.14. The van der Waals surface area contributed by atoms with Crippen molar-refractivity contribution in [3.05, 3.63) is 53.6 Å². The SMILES string of the molecule is Cc1ccccc1C(NC(=O)CCN)c1nccn1C. The summed E-state index contributed by atoms with van der Waals surface area (Å²) < 4.78 is 1.92. The van der Waals surface area contributed by atoms with Gasteiger partial charge in [0.15, 0.2) is 0 Å². The van der Waals surface area contributed by atoms with Gasteiger partial charge in [0.05, 0.1) is 0 Å². The average molecular weight is 272 g/mol. The molecule has 0 saturated carbocycles. The van der Waals surface area contributed by atoms with Gasteiger partial charge in [0, 0.05) is 32.4 Å². The Morgan fingerprint density at radius 3 is 2.80 bits per heavy atom. The van der Waals surface area contributed by atoms with Crippen molar-refractivity contribution in [2.24, 2.45) is 12.8 Å². The number of nitrogens with one attached hydrogen (secondary N) is 1. The molecule has 0 saturated heterocycles. The summed E-state index contributed by atoms with van der Waals surface area (Å²) in [7, 11) is 1.92. The van der Waals surface area contributed by atoms with Gasteiger partial charge in [-0.3, -0.25) is 4.79 Å². The summed E-state index contributed by atoms with van der Waals surface area (Å²) >= 11 is 0. The molecule has 1 unspecified atom stereocenters. The second kappa shape index (κ2) is 6.34. The minimum Gasteiger partial charge on any atom is -0.342 e. The van der Waals surface area contributed by atoms with Gasteiger partial charge in [0.1, 0.15) is 11.9 Å². The predicted molar refractivity (Wildman–Crippen MR) is 78.0 cm³/mol. The van der Waals surface area contributed by atoms with Gasteiger partial charge in [-0.15, -0.1) is 0 Å². The third-order valence-corrected chi connectivity index (χ3v) is 3.29. The van der Waals surface area contributed by atoms with Crippen LogP contribution < -0.4 is 11.1 Å². The highest BCUT2D eigenvalue weighted by molar-refractivity contribution is 5.77. The number of aromatic nitrogens is 2. The second-order valence-electron chi connectivity index (χ2n) is 4.79. The molecule has 1 aromatic carbocycles. The van der Waals surface area contributed by atoms with Crippen LogP contribution in [0.15, 0.2) is 36.7 Å². The highest BCUT2D eigenvalue weighted by Crippen LogP contribution is 2.23. The number of nitrogens with two attached hydrogens (primary N) is 1. The molecule has 5 heteroatoms. The summed E-state index contributed by atoms with van der Waals surface area (Å²) in [4.78, 5) is 16.3. The molecule has 1 heterocycles. The van der Waals surface area contributed by atoms with E-state index >= 15 is 0 Å². The van der Waals surface area contributed by atoms with E-state index in [1.165, 1.54) is 0 Å². The fourth-order valence-electron chi connectivity index (χ4n) is 2.21. The standard InChI is InChI=1S/C15H20N4O/c1-11-5-3-4-6-12(11)14(18-13(20)7-8-16)15-17-9-10-19(15)2/h3-6,9-10,14H,7-8,16H2,1-2H3,(H,18,20). The van der Waals surface area contributed by atoms with Gasteiger partial charge < -0.3 is 15.6 Å². The Morgan fingerprint density at radius 1 is 1.45 bits per heavy atom. The van der Waals surface area contributed by atoms with Crippen molar-refractivity contribution < 1.29 is 4.79 Å². The van der Waals surface area contributed by atoms with E-state index in [4.69, 9.17) is 5.73 Å². The van der Waals surface area contributed by atoms with Gasteiger partial charge in [-0.2, -0.15) is 0 Å². The highest BCUT2D eigenvalue weighted by Gasteiger charge is 2.21. The van der Waals surface area contributed by atoms with E-state index in [0.717, 1.165) is 17.0 Å². The molecule has 20 heavy (non-hydrogen) atoms. The quantitative estimate of drug-likeness (QED) is 0.861. The second-order valence-corrected chi connectivity index (χ2v) is 4.79. The van der Waals surface area contributed by atoms with Crippen molar-refractivity contribution in [3.63, 3.8) is 0 Å². The Labute approximate surface area is 118 Å². The monoisotopic (exact) mass is 272 g/mol. The average Bonchev–Trinajstić information content (AvgIpc) is 2.83. The summed E-state index contributed by atoms with van der Waals surface area (Å²) in [6, 6.07) is 7.73. The highest BCUT2D eigenvalue weighted by atomic mass is 16.1. The van der Waals surface area contributed by atoms with Gasteiger partial charge in [-0.05, 0) is 18.1 Å². The smallest absolute Gasteiger partial charge is 0.222 e. The molecule has 1 amide bonds. The van der Waals surface area contributed by atoms with Gasteiger partial charge in [-0.1, -0.05) is 24.3 Å². The van der Waals surface area contributed by atoms with E-state index in [-0.39, 0.29) is 11.9 Å². The first-order chi connectivity index (χ1) is 9.63. The maximum atomic E-state index is 11.9. The maximum absolute atomic E-state index is 11.9. The lowest BCUT2D eigenvalue weighted by Crippen LogP contribution is -2.32. The van der Waals surface area contributed by atoms with E-state index in [9.17, 15) is 4.79 Å². The molecule has 106 valence electrons. The van der Waals surface area contributed by atoms with Crippen molar-refractivity contribution in [2.75, 3.05) is 6.54 Å². The Bertz CT molecular complexity index is 591. The Kier molecular flexibility index (Phi) is 4.53. The molecule has 0 aliphatic heterocycles. The predicted octanol–water partition coefficient (Wildman–Crippen LogP) is 1.28. The summed E-state index contributed by atoms with van der Waals surface area (Å²) in [6.45, 7) is 2.37. The first kappa shape index (κ1) is 14.3. The number of imidazole rings is 1. The minimum atomic E-state index is -0.254. The zero-order chi connectivity index (χ0) is 14.5. The minimum absolute atomic E-state index is 0.0660. The number of nitrogens with zero attached hydrogens (tertiary/aromatic N) is 2. The summed E-state index contributed by atoms with van der Waals surface area (Å²) in [5.41, 5.74) is 7.61. The van der Waals surface area contributed by atoms with E-state index in [0.29, 0.717) is 13.0 Å². The Morgan fingerprint density at radius 2 is 2.20 bits per heavy atom. The van der Waals surface area contributed by atoms with Crippen LogP contribution in [-0.4, -0.2) is 22.0 Å². The van der Waals surface area contributed by atoms with Crippen LogP contribution in [0.3, 0.4) is 0 Å². The van der Waals surface area contributed by atoms with E-state index in [1.807, 2.05) is 49.0 Å². The van der Waals surface area contributed by atoms with Crippen molar-refractivity contribution >= 4 is 5.91 Å². The molecular formula is C15H20N4O. The van der Waals surface area contributed by atoms with Crippen molar-refractivity contribution in [1.82, 2.24) is 14.9 Å². The third-order valence-electron chi connectivity index (χ3n) is 3.29. The molecule has 0 radical (unpaired) electrons. The van der Waals surface area contributed by atoms with Gasteiger partial charge in [0.2, 0.25) is 5.91 Å². The fourth-order valence-corrected chi connectivity index (χ4v) is 2.21. The topological polar surface area (TPSA) is 72.9 Å². The fraction of sp³-hybridized carbons (Fsp3) is 0.333. The van der Waals surface area contributed by atoms with Crippen LogP contribution in [0.25, 0.3) is 0 Å². The van der Waals surface area contributed by atoms with Crippen molar-refractivity contribution in [3.8, 4) is 0 Å². The molecule has 1 aromatic heterocycles. The molecular weight excluding hydrogens is 252 g/mol. The van der Waals surface area contributed by atoms with Crippen LogP contribution in [0, 0.1) is 6.92 Å². The van der Waals surface area contributed by atoms with Crippen molar-refractivity contribution in [1.29, 1.82) is 0 Å². The lowest BCUT2D eigenvalue weighted by atomic mass is 10.0. The first-order valence-corrected chi connectivity index (χ1v) is 6.65. The van der Waals surface area contributed by atoms with Crippen LogP contribution >= 0.6 is 0 Å². The number of hydrogen-bond donors (Lipinski definition) is 2. The van der Waals surface area contributed by atoms with Gasteiger partial charge in [-0.25, -0.2) is 4.98 Å². The molecule has 0 aliphatic rings. The van der Waals surface area contributed by atoms with Crippen molar-refractivity contribution in [2.45, 2.75) is 19.4 Å². The number of carbonyl (C=O) groups is 1. The first-order valence-electron chi connectivity index (χ1n) is 6.65. The lowest BCUT2D eigenvalue weighted by molar-refractivity contribution is -0.121. The Balaban J connectivity index is 2.37. The van der Waals surface area contributed by atoms with Crippen LogP contribution in [0.5, 0.6) is 0 Å². The molecule has 0 fully saturated rings. The van der Waals surface area contributed by atoms with E-state index < -0.39 is 0 Å². The van der Waals surface area contributed by atoms with E-state index in [1.54, 1.807) is 6.20 Å². The third kappa shape index (κ3) is 3.05. The molecule has 5 nitrogen and oxygen atoms in total. The summed E-state index contributed by atoms with van der Waals surface area (Å²) in [5, 5.41) is 3.02. The van der Waals surface area contributed by atoms with Crippen LogP contribution in [0.4, 0.5) is 0 Å². The van der Waals surface area contributed by atoms with Crippen LogP contribution in [0.1, 0.15) is 29.4 Å². The molecule has 0 spiro atoms. The maximum Gasteiger partial charge on any atom is 0.222 e. The summed E-state index contributed by atoms with van der Waals surface area (Å²) in [5.74, 6) is 0.744. The van der Waals surface area contributed by atoms with E-state index in [2.05, 4.69) is 10.3 Å². The zero-order valence-electron chi connectivity index (χ0n) is 11.8. The van der Waals surface area contributed by atoms with Gasteiger partial charge in [0.25, 0.3) is 0 Å². The normalized spacial score (nSPS) is 12.2. The number of carbonyl (C=O) groups excluding carboxylic acids is 1. The number of hydrogen-bond acceptors (Lipinski definition) is 3. The molecule has 3 N–H and O–H groups in total. The molecule has 0 aliphatic carbocycles. The molecule has 1 atom stereocenters. The number of benzene rings is 1. The largest absolute Gasteiger partial charge is 0.342 e. The molecule has 2 aromatic rings. The summed E-state index contributed by atoms with van der Waals surface area (Å²) in [6.07, 6.45) is 3.91. The number of aryl methyl sites for hydroxylation is 2. The van der Waals surface area contributed by atoms with Crippen LogP contribution in [-0.2, 0) is 11.8 Å². The molecule has 0 bridgehead atoms. The van der Waals surface area contributed by atoms with Crippen LogP contribution in [0.2, 0.25) is 0 Å². The number of rotatable bonds is 5. The lowest BCUT2D eigenvalue weighted by Gasteiger charge is -2.20. The molecule has 2 rings (SSSR count). The number of amides is 1.